The molecular weight excluding hydrogens is 687 g/mol. The van der Waals surface area contributed by atoms with Crippen LogP contribution in [0.2, 0.25) is 0 Å². The Balaban J connectivity index is 1.16. The molecular formula is C50H29N5O. The number of hydrogen-bond acceptors (Lipinski definition) is 5. The molecule has 0 aliphatic carbocycles. The molecule has 6 nitrogen and oxygen atoms in total. The van der Waals surface area contributed by atoms with Crippen molar-refractivity contribution in [2.45, 2.75) is 0 Å². The van der Waals surface area contributed by atoms with Crippen molar-refractivity contribution in [1.29, 1.82) is 0 Å². The quantitative estimate of drug-likeness (QED) is 0.170. The molecule has 4 heterocycles. The van der Waals surface area contributed by atoms with Crippen LogP contribution in [-0.4, -0.2) is 24.5 Å². The third kappa shape index (κ3) is 4.50. The van der Waals surface area contributed by atoms with Gasteiger partial charge in [0, 0.05) is 49.8 Å². The highest BCUT2D eigenvalue weighted by Crippen LogP contribution is 2.41. The summed E-state index contributed by atoms with van der Waals surface area (Å²) in [7, 11) is 0. The van der Waals surface area contributed by atoms with Gasteiger partial charge in [0.05, 0.1) is 22.9 Å². The average Bonchev–Trinajstić information content (AvgIpc) is 3.82. The van der Waals surface area contributed by atoms with E-state index < -0.39 is 0 Å². The van der Waals surface area contributed by atoms with Gasteiger partial charge in [0.1, 0.15) is 5.58 Å². The van der Waals surface area contributed by atoms with Crippen LogP contribution in [0.25, 0.3) is 116 Å². The molecule has 0 atom stereocenters. The molecule has 6 heteroatoms. The number of aromatic nitrogens is 5. The van der Waals surface area contributed by atoms with Crippen LogP contribution >= 0.6 is 0 Å². The molecule has 0 radical (unpaired) electrons. The highest BCUT2D eigenvalue weighted by Gasteiger charge is 2.22. The monoisotopic (exact) mass is 715 g/mol. The van der Waals surface area contributed by atoms with Crippen LogP contribution < -0.4 is 0 Å². The van der Waals surface area contributed by atoms with Crippen LogP contribution in [0.5, 0.6) is 0 Å². The highest BCUT2D eigenvalue weighted by molar-refractivity contribution is 6.15. The number of benzene rings is 8. The third-order valence-corrected chi connectivity index (χ3v) is 11.1. The second kappa shape index (κ2) is 11.9. The third-order valence-electron chi connectivity index (χ3n) is 11.1. The van der Waals surface area contributed by atoms with Crippen molar-refractivity contribution in [2.24, 2.45) is 0 Å². The van der Waals surface area contributed by atoms with Crippen molar-refractivity contribution in [1.82, 2.24) is 24.5 Å². The van der Waals surface area contributed by atoms with Crippen molar-refractivity contribution in [3.63, 3.8) is 0 Å². The fourth-order valence-electron chi connectivity index (χ4n) is 8.70. The minimum atomic E-state index is 0.572. The molecule has 0 saturated heterocycles. The Morgan fingerprint density at radius 1 is 0.393 bits per heavy atom. The van der Waals surface area contributed by atoms with Crippen molar-refractivity contribution in [2.75, 3.05) is 0 Å². The van der Waals surface area contributed by atoms with E-state index in [1.807, 2.05) is 18.2 Å². The Morgan fingerprint density at radius 3 is 1.73 bits per heavy atom. The van der Waals surface area contributed by atoms with E-state index in [1.54, 1.807) is 12.4 Å². The van der Waals surface area contributed by atoms with Crippen molar-refractivity contribution >= 4 is 76.1 Å². The van der Waals surface area contributed by atoms with Crippen LogP contribution in [0.15, 0.2) is 181 Å². The summed E-state index contributed by atoms with van der Waals surface area (Å²) < 4.78 is 8.66. The van der Waals surface area contributed by atoms with Crippen LogP contribution in [0.4, 0.5) is 0 Å². The predicted octanol–water partition coefficient (Wildman–Crippen LogP) is 12.7. The van der Waals surface area contributed by atoms with Gasteiger partial charge in [-0.2, -0.15) is 0 Å². The number of rotatable bonds is 4. The molecule has 0 saturated carbocycles. The fourth-order valence-corrected chi connectivity index (χ4v) is 8.70. The van der Waals surface area contributed by atoms with Crippen molar-refractivity contribution < 1.29 is 4.42 Å². The number of nitrogens with zero attached hydrogens (tertiary/aromatic N) is 5. The first-order valence-electron chi connectivity index (χ1n) is 18.7. The zero-order valence-electron chi connectivity index (χ0n) is 29.9. The molecule has 0 aliphatic rings. The minimum absolute atomic E-state index is 0.572. The molecule has 0 amide bonds. The van der Waals surface area contributed by atoms with Gasteiger partial charge in [-0.05, 0) is 69.4 Å². The average molecular weight is 716 g/mol. The molecule has 0 unspecified atom stereocenters. The van der Waals surface area contributed by atoms with Gasteiger partial charge >= 0.3 is 0 Å². The standard InChI is InChI=1S/C50H29N5O/c1-2-13-31-30(12-1)28-41(33-15-4-3-14-32(31)33)50-53-48(52-49(54-50)40-20-11-23-45-47(40)39-26-27-51-29-46(39)56-45)38-24-25-44(35-17-6-5-16-34(35)38)55-42-21-9-7-18-36(42)37-19-8-10-22-43(37)55/h1-29H. The molecule has 8 aromatic carbocycles. The summed E-state index contributed by atoms with van der Waals surface area (Å²) >= 11 is 0. The molecule has 0 spiro atoms. The maximum Gasteiger partial charge on any atom is 0.164 e. The first-order chi connectivity index (χ1) is 27.8. The van der Waals surface area contributed by atoms with Gasteiger partial charge in [-0.25, -0.2) is 15.0 Å². The van der Waals surface area contributed by atoms with Crippen LogP contribution in [0, 0.1) is 0 Å². The van der Waals surface area contributed by atoms with E-state index in [9.17, 15) is 0 Å². The number of para-hydroxylation sites is 2. The lowest BCUT2D eigenvalue weighted by Gasteiger charge is -2.16. The van der Waals surface area contributed by atoms with E-state index >= 15 is 0 Å². The minimum Gasteiger partial charge on any atom is -0.454 e. The van der Waals surface area contributed by atoms with E-state index in [0.717, 1.165) is 82.3 Å². The Bertz CT molecular complexity index is 3510. The van der Waals surface area contributed by atoms with Crippen molar-refractivity contribution in [3.05, 3.63) is 176 Å². The lowest BCUT2D eigenvalue weighted by molar-refractivity contribution is 0.667. The smallest absolute Gasteiger partial charge is 0.164 e. The summed E-state index contributed by atoms with van der Waals surface area (Å²) in [5, 5.41) is 11.1. The van der Waals surface area contributed by atoms with Gasteiger partial charge in [-0.1, -0.05) is 121 Å². The Morgan fingerprint density at radius 2 is 0.982 bits per heavy atom. The molecule has 4 aromatic heterocycles. The van der Waals surface area contributed by atoms with Gasteiger partial charge in [-0.15, -0.1) is 0 Å². The van der Waals surface area contributed by atoms with E-state index in [2.05, 4.69) is 155 Å². The van der Waals surface area contributed by atoms with E-state index in [-0.39, 0.29) is 0 Å². The Labute approximate surface area is 320 Å². The zero-order chi connectivity index (χ0) is 36.7. The largest absolute Gasteiger partial charge is 0.454 e. The highest BCUT2D eigenvalue weighted by atomic mass is 16.3. The molecule has 56 heavy (non-hydrogen) atoms. The predicted molar refractivity (Wildman–Crippen MR) is 228 cm³/mol. The molecule has 12 rings (SSSR count). The number of hydrogen-bond donors (Lipinski definition) is 0. The second-order valence-corrected chi connectivity index (χ2v) is 14.2. The normalized spacial score (nSPS) is 11.9. The van der Waals surface area contributed by atoms with Gasteiger partial charge in [-0.3, -0.25) is 4.98 Å². The maximum atomic E-state index is 6.28. The summed E-state index contributed by atoms with van der Waals surface area (Å²) in [5.41, 5.74) is 7.64. The topological polar surface area (TPSA) is 69.6 Å². The molecule has 0 aliphatic heterocycles. The summed E-state index contributed by atoms with van der Waals surface area (Å²) in [5.74, 6) is 1.77. The fraction of sp³-hybridized carbons (Fsp3) is 0. The van der Waals surface area contributed by atoms with Gasteiger partial charge in [0.25, 0.3) is 0 Å². The molecule has 260 valence electrons. The Hall–Kier alpha value is -7.70. The van der Waals surface area contributed by atoms with E-state index in [0.29, 0.717) is 17.5 Å². The first-order valence-corrected chi connectivity index (χ1v) is 18.7. The van der Waals surface area contributed by atoms with Gasteiger partial charge < -0.3 is 8.98 Å². The molecule has 0 N–H and O–H groups in total. The summed E-state index contributed by atoms with van der Waals surface area (Å²) in [6.45, 7) is 0. The van der Waals surface area contributed by atoms with E-state index in [1.165, 1.54) is 16.2 Å². The van der Waals surface area contributed by atoms with Gasteiger partial charge in [0.15, 0.2) is 23.1 Å². The van der Waals surface area contributed by atoms with Crippen molar-refractivity contribution in [3.8, 4) is 39.9 Å². The number of fused-ring (bicyclic) bond motifs is 10. The van der Waals surface area contributed by atoms with Crippen LogP contribution in [-0.2, 0) is 0 Å². The zero-order valence-corrected chi connectivity index (χ0v) is 29.9. The molecule has 0 bridgehead atoms. The van der Waals surface area contributed by atoms with Crippen LogP contribution in [0.1, 0.15) is 0 Å². The summed E-state index contributed by atoms with van der Waals surface area (Å²) in [4.78, 5) is 20.3. The summed E-state index contributed by atoms with van der Waals surface area (Å²) in [6.07, 6.45) is 3.56. The molecule has 12 aromatic rings. The maximum absolute atomic E-state index is 6.28. The van der Waals surface area contributed by atoms with E-state index in [4.69, 9.17) is 19.4 Å². The van der Waals surface area contributed by atoms with Gasteiger partial charge in [0.2, 0.25) is 0 Å². The SMILES string of the molecule is c1ccc2c(c1)cc(-c1nc(-c3ccc(-n4c5ccccc5c5ccccc54)c4ccccc34)nc(-c3cccc4oc5cnccc5c34)n1)c1ccccc12. The lowest BCUT2D eigenvalue weighted by Crippen LogP contribution is -2.02. The summed E-state index contributed by atoms with van der Waals surface area (Å²) in [6, 6.07) is 57.5. The first kappa shape index (κ1) is 30.7. The number of pyridine rings is 1. The lowest BCUT2D eigenvalue weighted by atomic mass is 9.96. The second-order valence-electron chi connectivity index (χ2n) is 14.2. The van der Waals surface area contributed by atoms with Crippen LogP contribution in [0.3, 0.4) is 0 Å². The Kier molecular flexibility index (Phi) is 6.53. The number of furan rings is 1. The molecule has 0 fully saturated rings.